The summed E-state index contributed by atoms with van der Waals surface area (Å²) in [5.74, 6) is -0.641. The first kappa shape index (κ1) is 25.3. The Bertz CT molecular complexity index is 1030. The molecule has 2 saturated heterocycles. The lowest BCUT2D eigenvalue weighted by atomic mass is 9.79. The van der Waals surface area contributed by atoms with Gasteiger partial charge in [-0.2, -0.15) is 0 Å². The number of halogens is 1. The first-order chi connectivity index (χ1) is 16.7. The number of rotatable bonds is 7. The van der Waals surface area contributed by atoms with Gasteiger partial charge in [0.15, 0.2) is 0 Å². The fourth-order valence-corrected chi connectivity index (χ4v) is 5.63. The van der Waals surface area contributed by atoms with Gasteiger partial charge in [0.2, 0.25) is 0 Å². The van der Waals surface area contributed by atoms with Crippen LogP contribution in [-0.4, -0.2) is 82.9 Å². The molecule has 8 nitrogen and oxygen atoms in total. The fraction of sp³-hybridized carbons (Fsp3) is 0.462. The average Bonchev–Trinajstić information content (AvgIpc) is 3.24. The van der Waals surface area contributed by atoms with E-state index in [4.69, 9.17) is 16.3 Å². The molecular formula is C26H32ClN3O5. The van der Waals surface area contributed by atoms with E-state index in [0.29, 0.717) is 10.8 Å². The van der Waals surface area contributed by atoms with Gasteiger partial charge in [-0.05, 0) is 56.3 Å². The second kappa shape index (κ2) is 10.4. The zero-order chi connectivity index (χ0) is 25.2. The van der Waals surface area contributed by atoms with Crippen molar-refractivity contribution in [1.29, 1.82) is 0 Å². The Balaban J connectivity index is 1.41. The molecule has 2 aliphatic heterocycles. The van der Waals surface area contributed by atoms with E-state index in [-0.39, 0.29) is 18.5 Å². The van der Waals surface area contributed by atoms with E-state index in [0.717, 1.165) is 42.9 Å². The number of carboxylic acid groups (broad SMARTS) is 2. The number of benzene rings is 2. The number of amides is 1. The van der Waals surface area contributed by atoms with Gasteiger partial charge in [-0.1, -0.05) is 41.9 Å². The van der Waals surface area contributed by atoms with E-state index < -0.39 is 24.2 Å². The van der Waals surface area contributed by atoms with Gasteiger partial charge in [-0.25, -0.2) is 9.59 Å². The first-order valence-electron chi connectivity index (χ1n) is 11.8. The van der Waals surface area contributed by atoms with Crippen molar-refractivity contribution in [3.63, 3.8) is 0 Å². The van der Waals surface area contributed by atoms with Crippen molar-refractivity contribution >= 4 is 23.7 Å². The monoisotopic (exact) mass is 501 g/mol. The van der Waals surface area contributed by atoms with Gasteiger partial charge in [0.25, 0.3) is 0 Å². The van der Waals surface area contributed by atoms with Crippen molar-refractivity contribution in [2.75, 3.05) is 33.7 Å². The molecule has 0 unspecified atom stereocenters. The van der Waals surface area contributed by atoms with Gasteiger partial charge in [-0.15, -0.1) is 0 Å². The van der Waals surface area contributed by atoms with Crippen LogP contribution in [0, 0.1) is 0 Å². The fourth-order valence-electron chi connectivity index (χ4n) is 5.38. The number of ether oxygens (including phenoxy) is 1. The third kappa shape index (κ3) is 5.55. The normalized spacial score (nSPS) is 22.3. The molecule has 2 aliphatic rings. The maximum absolute atomic E-state index is 11.4. The Morgan fingerprint density at radius 3 is 2.37 bits per heavy atom. The van der Waals surface area contributed by atoms with E-state index in [2.05, 4.69) is 48.2 Å². The molecule has 2 aromatic carbocycles. The van der Waals surface area contributed by atoms with Gasteiger partial charge in [0.05, 0.1) is 6.54 Å². The summed E-state index contributed by atoms with van der Waals surface area (Å²) in [6.45, 7) is 2.60. The zero-order valence-corrected chi connectivity index (χ0v) is 20.8. The molecule has 4 rings (SSSR count). The van der Waals surface area contributed by atoms with Crippen molar-refractivity contribution in [1.82, 2.24) is 14.7 Å². The van der Waals surface area contributed by atoms with E-state index in [9.17, 15) is 19.8 Å². The Morgan fingerprint density at radius 2 is 1.80 bits per heavy atom. The summed E-state index contributed by atoms with van der Waals surface area (Å²) in [4.78, 5) is 28.5. The van der Waals surface area contributed by atoms with Gasteiger partial charge < -0.3 is 14.9 Å². The maximum atomic E-state index is 11.4. The molecule has 0 spiro atoms. The lowest BCUT2D eigenvalue weighted by Crippen LogP contribution is -2.50. The Morgan fingerprint density at radius 1 is 1.11 bits per heavy atom. The van der Waals surface area contributed by atoms with E-state index in [1.54, 1.807) is 6.07 Å². The lowest BCUT2D eigenvalue weighted by Gasteiger charge is -2.46. The smallest absolute Gasteiger partial charge is 0.408 e. The maximum Gasteiger partial charge on any atom is 0.408 e. The lowest BCUT2D eigenvalue weighted by molar-refractivity contribution is -0.141. The molecular weight excluding hydrogens is 470 g/mol. The number of hydrogen-bond donors (Lipinski definition) is 2. The van der Waals surface area contributed by atoms with Gasteiger partial charge in [0.1, 0.15) is 17.9 Å². The molecule has 1 amide bonds. The third-order valence-electron chi connectivity index (χ3n) is 7.28. The summed E-state index contributed by atoms with van der Waals surface area (Å²) in [5.41, 5.74) is 2.36. The molecule has 0 radical (unpaired) electrons. The second-order valence-corrected chi connectivity index (χ2v) is 10.1. The van der Waals surface area contributed by atoms with E-state index >= 15 is 0 Å². The highest BCUT2D eigenvalue weighted by Gasteiger charge is 2.41. The minimum Gasteiger partial charge on any atom is -0.488 e. The van der Waals surface area contributed by atoms with Crippen LogP contribution in [0.15, 0.2) is 48.5 Å². The van der Waals surface area contributed by atoms with Crippen molar-refractivity contribution in [3.8, 4) is 5.75 Å². The molecule has 2 heterocycles. The summed E-state index contributed by atoms with van der Waals surface area (Å²) in [6, 6.07) is 15.1. The van der Waals surface area contributed by atoms with Crippen LogP contribution < -0.4 is 4.74 Å². The minimum absolute atomic E-state index is 0.00633. The van der Waals surface area contributed by atoms with Gasteiger partial charge in [-0.3, -0.25) is 14.7 Å². The standard InChI is InChI=1S/C26H32ClN3O5/c1-28(2)26(19-6-4-3-5-7-19)8-10-29(11-9-26)16-18-12-20(27)14-21(13-18)35-22-15-23(24(31)32)30(17-22)25(33)34/h3-7,12-14,22-23H,8-11,15-17H2,1-2H3,(H,31,32)(H,33,34)/t22-,23-/m0/s1. The Labute approximate surface area is 210 Å². The number of hydrogen-bond acceptors (Lipinski definition) is 5. The predicted molar refractivity (Wildman–Crippen MR) is 133 cm³/mol. The highest BCUT2D eigenvalue weighted by atomic mass is 35.5. The highest BCUT2D eigenvalue weighted by molar-refractivity contribution is 6.30. The van der Waals surface area contributed by atoms with Crippen LogP contribution in [0.1, 0.15) is 30.4 Å². The van der Waals surface area contributed by atoms with Crippen molar-refractivity contribution < 1.29 is 24.5 Å². The van der Waals surface area contributed by atoms with Crippen LogP contribution in [0.3, 0.4) is 0 Å². The third-order valence-corrected chi connectivity index (χ3v) is 7.50. The summed E-state index contributed by atoms with van der Waals surface area (Å²) in [7, 11) is 4.29. The predicted octanol–water partition coefficient (Wildman–Crippen LogP) is 3.98. The average molecular weight is 502 g/mol. The van der Waals surface area contributed by atoms with Gasteiger partial charge in [0, 0.05) is 36.6 Å². The Kier molecular flexibility index (Phi) is 7.54. The summed E-state index contributed by atoms with van der Waals surface area (Å²) in [5, 5.41) is 19.2. The van der Waals surface area contributed by atoms with E-state index in [1.165, 1.54) is 5.56 Å². The quantitative estimate of drug-likeness (QED) is 0.592. The summed E-state index contributed by atoms with van der Waals surface area (Å²) < 4.78 is 5.99. The number of piperidine rings is 1. The minimum atomic E-state index is -1.26. The van der Waals surface area contributed by atoms with Crippen LogP contribution in [0.4, 0.5) is 4.79 Å². The number of aliphatic carboxylic acids is 1. The van der Waals surface area contributed by atoms with Crippen molar-refractivity contribution in [3.05, 3.63) is 64.7 Å². The van der Waals surface area contributed by atoms with Crippen LogP contribution >= 0.6 is 11.6 Å². The van der Waals surface area contributed by atoms with Crippen LogP contribution in [0.2, 0.25) is 5.02 Å². The number of nitrogens with zero attached hydrogens (tertiary/aromatic N) is 3. The zero-order valence-electron chi connectivity index (χ0n) is 20.1. The molecule has 0 saturated carbocycles. The molecule has 2 N–H and O–H groups in total. The van der Waals surface area contributed by atoms with E-state index in [1.807, 2.05) is 18.2 Å². The second-order valence-electron chi connectivity index (χ2n) is 9.63. The molecule has 0 aromatic heterocycles. The van der Waals surface area contributed by atoms with Crippen LogP contribution in [0.5, 0.6) is 5.75 Å². The van der Waals surface area contributed by atoms with Crippen LogP contribution in [-0.2, 0) is 16.9 Å². The highest BCUT2D eigenvalue weighted by Crippen LogP contribution is 2.38. The molecule has 0 aliphatic carbocycles. The largest absolute Gasteiger partial charge is 0.488 e. The molecule has 35 heavy (non-hydrogen) atoms. The molecule has 2 atom stereocenters. The van der Waals surface area contributed by atoms with Crippen LogP contribution in [0.25, 0.3) is 0 Å². The summed E-state index contributed by atoms with van der Waals surface area (Å²) >= 11 is 6.37. The van der Waals surface area contributed by atoms with Gasteiger partial charge >= 0.3 is 12.1 Å². The molecule has 2 aromatic rings. The molecule has 188 valence electrons. The molecule has 0 bridgehead atoms. The molecule has 9 heteroatoms. The number of likely N-dealkylation sites (tertiary alicyclic amines) is 2. The summed E-state index contributed by atoms with van der Waals surface area (Å²) in [6.07, 6.45) is 0.321. The Hall–Kier alpha value is -2.81. The van der Waals surface area contributed by atoms with Crippen molar-refractivity contribution in [2.45, 2.75) is 43.5 Å². The SMILES string of the molecule is CN(C)C1(c2ccccc2)CCN(Cc2cc(Cl)cc(O[C@H]3C[C@@H](C(=O)O)N(C(=O)O)C3)c2)CC1. The first-order valence-corrected chi connectivity index (χ1v) is 12.2. The topological polar surface area (TPSA) is 93.6 Å². The van der Waals surface area contributed by atoms with Crippen molar-refractivity contribution in [2.24, 2.45) is 0 Å². The number of carbonyl (C=O) groups is 2. The molecule has 2 fully saturated rings. The number of carboxylic acids is 1.